The van der Waals surface area contributed by atoms with Crippen LogP contribution in [0.4, 0.5) is 5.69 Å². The van der Waals surface area contributed by atoms with Gasteiger partial charge in [-0.05, 0) is 30.9 Å². The highest BCUT2D eigenvalue weighted by Gasteiger charge is 2.16. The van der Waals surface area contributed by atoms with E-state index in [1.807, 2.05) is 18.2 Å². The molecule has 1 aromatic rings. The highest BCUT2D eigenvalue weighted by molar-refractivity contribution is 5.79. The van der Waals surface area contributed by atoms with Gasteiger partial charge in [0.15, 0.2) is 6.61 Å². The number of para-hydroxylation sites is 1. The van der Waals surface area contributed by atoms with Gasteiger partial charge < -0.3 is 10.1 Å². The summed E-state index contributed by atoms with van der Waals surface area (Å²) in [5.74, 6) is 2.39. The molecule has 0 saturated heterocycles. The third kappa shape index (κ3) is 4.33. The first-order valence-corrected chi connectivity index (χ1v) is 6.55. The normalized spacial score (nSPS) is 13.2. The minimum absolute atomic E-state index is 0.0118. The van der Waals surface area contributed by atoms with Gasteiger partial charge in [0.2, 0.25) is 0 Å². The molecule has 1 N–H and O–H groups in total. The molecule has 1 unspecified atom stereocenters. The fraction of sp³-hybridized carbons (Fsp3) is 0.438. The molecule has 0 fully saturated rings. The Morgan fingerprint density at radius 2 is 2.11 bits per heavy atom. The van der Waals surface area contributed by atoms with Crippen molar-refractivity contribution in [3.8, 4) is 12.3 Å². The molecule has 0 bridgehead atoms. The van der Waals surface area contributed by atoms with Gasteiger partial charge in [-0.15, -0.1) is 6.42 Å². The van der Waals surface area contributed by atoms with Gasteiger partial charge in [0.05, 0.1) is 0 Å². The highest BCUT2D eigenvalue weighted by atomic mass is 16.5. The number of esters is 1. The van der Waals surface area contributed by atoms with Crippen LogP contribution < -0.4 is 5.32 Å². The maximum absolute atomic E-state index is 11.7. The Hall–Kier alpha value is -1.95. The van der Waals surface area contributed by atoms with Crippen molar-refractivity contribution in [2.75, 3.05) is 11.9 Å². The van der Waals surface area contributed by atoms with Crippen LogP contribution in [0, 0.1) is 12.3 Å². The van der Waals surface area contributed by atoms with Crippen LogP contribution in [0.15, 0.2) is 24.3 Å². The lowest BCUT2D eigenvalue weighted by molar-refractivity contribution is -0.142. The maximum Gasteiger partial charge on any atom is 0.329 e. The quantitative estimate of drug-likeness (QED) is 0.630. The first-order chi connectivity index (χ1) is 9.10. The van der Waals surface area contributed by atoms with Crippen molar-refractivity contribution in [1.29, 1.82) is 0 Å². The van der Waals surface area contributed by atoms with E-state index < -0.39 is 6.04 Å². The number of carbonyl (C=O) groups is 1. The lowest BCUT2D eigenvalue weighted by atomic mass is 9.96. The number of ether oxygens (including phenoxy) is 1. The van der Waals surface area contributed by atoms with E-state index in [9.17, 15) is 4.79 Å². The van der Waals surface area contributed by atoms with Crippen molar-refractivity contribution >= 4 is 11.7 Å². The molecular formula is C16H21NO2. The van der Waals surface area contributed by atoms with Crippen molar-refractivity contribution in [2.45, 2.75) is 39.2 Å². The maximum atomic E-state index is 11.7. The summed E-state index contributed by atoms with van der Waals surface area (Å²) in [6.07, 6.45) is 6.11. The Morgan fingerprint density at radius 1 is 1.42 bits per heavy atom. The first kappa shape index (κ1) is 15.1. The number of hydrogen-bond acceptors (Lipinski definition) is 3. The Morgan fingerprint density at radius 3 is 2.74 bits per heavy atom. The molecule has 3 heteroatoms. The van der Waals surface area contributed by atoms with Crippen molar-refractivity contribution in [1.82, 2.24) is 0 Å². The molecule has 1 aromatic carbocycles. The zero-order chi connectivity index (χ0) is 14.3. The molecule has 1 rings (SSSR count). The number of carbonyl (C=O) groups excluding carboxylic acids is 1. The summed E-state index contributed by atoms with van der Waals surface area (Å²) < 4.78 is 4.91. The monoisotopic (exact) mass is 259 g/mol. The van der Waals surface area contributed by atoms with E-state index in [1.165, 1.54) is 5.56 Å². The fourth-order valence-corrected chi connectivity index (χ4v) is 1.81. The van der Waals surface area contributed by atoms with E-state index in [4.69, 9.17) is 11.2 Å². The van der Waals surface area contributed by atoms with Crippen LogP contribution in [-0.4, -0.2) is 18.6 Å². The number of rotatable bonds is 6. The molecule has 0 aliphatic heterocycles. The van der Waals surface area contributed by atoms with Crippen LogP contribution in [-0.2, 0) is 9.53 Å². The average molecular weight is 259 g/mol. The molecule has 0 heterocycles. The van der Waals surface area contributed by atoms with Gasteiger partial charge in [0.1, 0.15) is 6.04 Å². The average Bonchev–Trinajstić information content (AvgIpc) is 2.44. The predicted molar refractivity (Wildman–Crippen MR) is 78.0 cm³/mol. The third-order valence-corrected chi connectivity index (χ3v) is 3.13. The second-order valence-corrected chi connectivity index (χ2v) is 4.57. The molecular weight excluding hydrogens is 238 g/mol. The zero-order valence-corrected chi connectivity index (χ0v) is 11.8. The van der Waals surface area contributed by atoms with E-state index in [-0.39, 0.29) is 12.6 Å². The van der Waals surface area contributed by atoms with E-state index in [1.54, 1.807) is 6.92 Å². The summed E-state index contributed by atoms with van der Waals surface area (Å²) in [4.78, 5) is 11.7. The smallest absolute Gasteiger partial charge is 0.329 e. The SMILES string of the molecule is C#CCOC(=O)[C@H](C)Nc1ccccc1C(C)CC. The Labute approximate surface area is 115 Å². The second-order valence-electron chi connectivity index (χ2n) is 4.57. The second kappa shape index (κ2) is 7.48. The number of anilines is 1. The van der Waals surface area contributed by atoms with Gasteiger partial charge in [0.25, 0.3) is 0 Å². The minimum Gasteiger partial charge on any atom is -0.451 e. The summed E-state index contributed by atoms with van der Waals surface area (Å²) in [5, 5.41) is 3.19. The molecule has 0 spiro atoms. The van der Waals surface area contributed by atoms with Crippen LogP contribution in [0.25, 0.3) is 0 Å². The van der Waals surface area contributed by atoms with Crippen LogP contribution in [0.2, 0.25) is 0 Å². The number of terminal acetylenes is 1. The molecule has 102 valence electrons. The highest BCUT2D eigenvalue weighted by Crippen LogP contribution is 2.26. The molecule has 0 aromatic heterocycles. The largest absolute Gasteiger partial charge is 0.451 e. The van der Waals surface area contributed by atoms with E-state index in [0.29, 0.717) is 5.92 Å². The van der Waals surface area contributed by atoms with Crippen molar-refractivity contribution in [2.24, 2.45) is 0 Å². The summed E-state index contributed by atoms with van der Waals surface area (Å²) in [6.45, 7) is 6.10. The van der Waals surface area contributed by atoms with Crippen LogP contribution in [0.3, 0.4) is 0 Å². The minimum atomic E-state index is -0.418. The standard InChI is InChI=1S/C16H21NO2/c1-5-11-19-16(18)13(4)17-15-10-8-7-9-14(15)12(3)6-2/h1,7-10,12-13,17H,6,11H2,2-4H3/t12?,13-/m0/s1. The van der Waals surface area contributed by atoms with Gasteiger partial charge in [-0.2, -0.15) is 0 Å². The molecule has 2 atom stereocenters. The Balaban J connectivity index is 2.76. The van der Waals surface area contributed by atoms with Gasteiger partial charge in [-0.3, -0.25) is 0 Å². The topological polar surface area (TPSA) is 38.3 Å². The van der Waals surface area contributed by atoms with Crippen LogP contribution in [0.1, 0.15) is 38.7 Å². The summed E-state index contributed by atoms with van der Waals surface area (Å²) in [7, 11) is 0. The van der Waals surface area contributed by atoms with Gasteiger partial charge in [-0.1, -0.05) is 38.0 Å². The first-order valence-electron chi connectivity index (χ1n) is 6.55. The van der Waals surface area contributed by atoms with E-state index >= 15 is 0 Å². The van der Waals surface area contributed by atoms with E-state index in [2.05, 4.69) is 31.2 Å². The van der Waals surface area contributed by atoms with Crippen LogP contribution in [0.5, 0.6) is 0 Å². The Bertz CT molecular complexity index is 462. The molecule has 0 amide bonds. The molecule has 3 nitrogen and oxygen atoms in total. The number of benzene rings is 1. The third-order valence-electron chi connectivity index (χ3n) is 3.13. The summed E-state index contributed by atoms with van der Waals surface area (Å²) in [6, 6.07) is 7.60. The van der Waals surface area contributed by atoms with Crippen LogP contribution >= 0.6 is 0 Å². The number of nitrogens with one attached hydrogen (secondary N) is 1. The van der Waals surface area contributed by atoms with Gasteiger partial charge >= 0.3 is 5.97 Å². The van der Waals surface area contributed by atoms with Crippen molar-refractivity contribution in [3.05, 3.63) is 29.8 Å². The molecule has 19 heavy (non-hydrogen) atoms. The van der Waals surface area contributed by atoms with Gasteiger partial charge in [-0.25, -0.2) is 4.79 Å². The molecule has 0 aliphatic rings. The zero-order valence-electron chi connectivity index (χ0n) is 11.8. The fourth-order valence-electron chi connectivity index (χ4n) is 1.81. The van der Waals surface area contributed by atoms with Crippen molar-refractivity contribution in [3.63, 3.8) is 0 Å². The number of hydrogen-bond donors (Lipinski definition) is 1. The molecule has 0 radical (unpaired) electrons. The lowest BCUT2D eigenvalue weighted by Crippen LogP contribution is -2.28. The van der Waals surface area contributed by atoms with Gasteiger partial charge in [0, 0.05) is 5.69 Å². The molecule has 0 saturated carbocycles. The lowest BCUT2D eigenvalue weighted by Gasteiger charge is -2.19. The van der Waals surface area contributed by atoms with Crippen molar-refractivity contribution < 1.29 is 9.53 Å². The Kier molecular flexibility index (Phi) is 5.95. The van der Waals surface area contributed by atoms with E-state index in [0.717, 1.165) is 12.1 Å². The summed E-state index contributed by atoms with van der Waals surface area (Å²) >= 11 is 0. The molecule has 0 aliphatic carbocycles. The summed E-state index contributed by atoms with van der Waals surface area (Å²) in [5.41, 5.74) is 2.18. The predicted octanol–water partition coefficient (Wildman–Crippen LogP) is 3.18.